The molecule has 0 saturated carbocycles. The second-order valence-corrected chi connectivity index (χ2v) is 3.47. The SMILES string of the molecule is CCC(=O)OC(C)CCC(C)C(=O)O. The molecule has 0 aromatic carbocycles. The molecule has 2 unspecified atom stereocenters. The lowest BCUT2D eigenvalue weighted by atomic mass is 10.0. The van der Waals surface area contributed by atoms with Crippen molar-refractivity contribution in [1.82, 2.24) is 0 Å². The lowest BCUT2D eigenvalue weighted by Gasteiger charge is -2.13. The van der Waals surface area contributed by atoms with Gasteiger partial charge in [0.15, 0.2) is 0 Å². The maximum Gasteiger partial charge on any atom is 0.306 e. The molecule has 0 bridgehead atoms. The Morgan fingerprint density at radius 1 is 1.29 bits per heavy atom. The predicted molar refractivity (Wildman–Crippen MR) is 51.9 cm³/mol. The van der Waals surface area contributed by atoms with E-state index >= 15 is 0 Å². The maximum atomic E-state index is 10.9. The standard InChI is InChI=1S/C10H18O4/c1-4-9(11)14-8(3)6-5-7(2)10(12)13/h7-8H,4-6H2,1-3H3,(H,12,13). The lowest BCUT2D eigenvalue weighted by Crippen LogP contribution is -2.17. The molecular weight excluding hydrogens is 184 g/mol. The van der Waals surface area contributed by atoms with Gasteiger partial charge in [-0.15, -0.1) is 0 Å². The summed E-state index contributed by atoms with van der Waals surface area (Å²) in [6.45, 7) is 5.16. The molecule has 0 spiro atoms. The number of carbonyl (C=O) groups is 2. The summed E-state index contributed by atoms with van der Waals surface area (Å²) < 4.78 is 5.00. The summed E-state index contributed by atoms with van der Waals surface area (Å²) in [6.07, 6.45) is 1.30. The topological polar surface area (TPSA) is 63.6 Å². The van der Waals surface area contributed by atoms with Crippen molar-refractivity contribution in [2.24, 2.45) is 5.92 Å². The molecule has 1 N–H and O–H groups in total. The van der Waals surface area contributed by atoms with E-state index in [4.69, 9.17) is 9.84 Å². The number of esters is 1. The van der Waals surface area contributed by atoms with Crippen molar-refractivity contribution in [3.8, 4) is 0 Å². The summed E-state index contributed by atoms with van der Waals surface area (Å²) in [7, 11) is 0. The average Bonchev–Trinajstić information content (AvgIpc) is 2.13. The molecule has 0 fully saturated rings. The molecule has 0 aromatic rings. The van der Waals surface area contributed by atoms with Crippen LogP contribution in [0.2, 0.25) is 0 Å². The van der Waals surface area contributed by atoms with E-state index in [-0.39, 0.29) is 18.0 Å². The van der Waals surface area contributed by atoms with Gasteiger partial charge in [-0.3, -0.25) is 9.59 Å². The van der Waals surface area contributed by atoms with Crippen molar-refractivity contribution < 1.29 is 19.4 Å². The Balaban J connectivity index is 3.68. The van der Waals surface area contributed by atoms with Crippen LogP contribution in [0.3, 0.4) is 0 Å². The quantitative estimate of drug-likeness (QED) is 0.667. The molecule has 0 amide bonds. The fourth-order valence-electron chi connectivity index (χ4n) is 0.975. The predicted octanol–water partition coefficient (Wildman–Crippen LogP) is 1.83. The molecule has 0 aliphatic rings. The molecule has 0 rings (SSSR count). The van der Waals surface area contributed by atoms with Crippen molar-refractivity contribution in [3.05, 3.63) is 0 Å². The fraction of sp³-hybridized carbons (Fsp3) is 0.800. The van der Waals surface area contributed by atoms with Crippen LogP contribution in [-0.2, 0) is 14.3 Å². The van der Waals surface area contributed by atoms with Crippen LogP contribution in [0.15, 0.2) is 0 Å². The van der Waals surface area contributed by atoms with Crippen LogP contribution < -0.4 is 0 Å². The smallest absolute Gasteiger partial charge is 0.306 e. The largest absolute Gasteiger partial charge is 0.481 e. The number of rotatable bonds is 6. The molecule has 0 saturated heterocycles. The molecule has 82 valence electrons. The van der Waals surface area contributed by atoms with Crippen LogP contribution in [-0.4, -0.2) is 23.1 Å². The zero-order chi connectivity index (χ0) is 11.1. The number of ether oxygens (including phenoxy) is 1. The third-order valence-electron chi connectivity index (χ3n) is 2.05. The first-order valence-electron chi connectivity index (χ1n) is 4.89. The minimum atomic E-state index is -0.806. The highest BCUT2D eigenvalue weighted by Crippen LogP contribution is 2.10. The molecule has 0 radical (unpaired) electrons. The van der Waals surface area contributed by atoms with Gasteiger partial charge >= 0.3 is 11.9 Å². The van der Waals surface area contributed by atoms with Gasteiger partial charge in [-0.05, 0) is 19.8 Å². The summed E-state index contributed by atoms with van der Waals surface area (Å²) >= 11 is 0. The highest BCUT2D eigenvalue weighted by molar-refractivity contribution is 5.69. The van der Waals surface area contributed by atoms with Crippen LogP contribution in [0.1, 0.15) is 40.0 Å². The molecule has 4 nitrogen and oxygen atoms in total. The van der Waals surface area contributed by atoms with Crippen molar-refractivity contribution in [1.29, 1.82) is 0 Å². The number of carboxylic acid groups (broad SMARTS) is 1. The van der Waals surface area contributed by atoms with E-state index in [0.29, 0.717) is 19.3 Å². The number of hydrogen-bond donors (Lipinski definition) is 1. The van der Waals surface area contributed by atoms with E-state index in [1.807, 2.05) is 0 Å². The first-order chi connectivity index (χ1) is 6.47. The Morgan fingerprint density at radius 2 is 1.86 bits per heavy atom. The highest BCUT2D eigenvalue weighted by atomic mass is 16.5. The van der Waals surface area contributed by atoms with Crippen molar-refractivity contribution in [2.45, 2.75) is 46.1 Å². The van der Waals surface area contributed by atoms with E-state index in [2.05, 4.69) is 0 Å². The van der Waals surface area contributed by atoms with Gasteiger partial charge < -0.3 is 9.84 Å². The maximum absolute atomic E-state index is 10.9. The summed E-state index contributed by atoms with van der Waals surface area (Å²) in [5.41, 5.74) is 0. The van der Waals surface area contributed by atoms with Crippen LogP contribution in [0.25, 0.3) is 0 Å². The second kappa shape index (κ2) is 6.40. The summed E-state index contributed by atoms with van der Waals surface area (Å²) in [5.74, 6) is -1.42. The third kappa shape index (κ3) is 5.56. The Morgan fingerprint density at radius 3 is 2.29 bits per heavy atom. The van der Waals surface area contributed by atoms with Gasteiger partial charge in [-0.25, -0.2) is 0 Å². The average molecular weight is 202 g/mol. The van der Waals surface area contributed by atoms with Crippen molar-refractivity contribution in [2.75, 3.05) is 0 Å². The molecule has 0 aliphatic heterocycles. The van der Waals surface area contributed by atoms with Gasteiger partial charge in [-0.1, -0.05) is 13.8 Å². The Labute approximate surface area is 84.3 Å². The van der Waals surface area contributed by atoms with Crippen LogP contribution in [0.5, 0.6) is 0 Å². The van der Waals surface area contributed by atoms with Crippen molar-refractivity contribution in [3.63, 3.8) is 0 Å². The van der Waals surface area contributed by atoms with E-state index in [1.54, 1.807) is 20.8 Å². The molecular formula is C10H18O4. The fourth-order valence-corrected chi connectivity index (χ4v) is 0.975. The highest BCUT2D eigenvalue weighted by Gasteiger charge is 2.14. The van der Waals surface area contributed by atoms with Gasteiger partial charge in [-0.2, -0.15) is 0 Å². The van der Waals surface area contributed by atoms with Crippen LogP contribution >= 0.6 is 0 Å². The molecule has 0 heterocycles. The third-order valence-corrected chi connectivity index (χ3v) is 2.05. The first-order valence-corrected chi connectivity index (χ1v) is 4.89. The minimum absolute atomic E-state index is 0.191. The minimum Gasteiger partial charge on any atom is -0.481 e. The molecule has 4 heteroatoms. The summed E-state index contributed by atoms with van der Waals surface area (Å²) in [4.78, 5) is 21.3. The number of carbonyl (C=O) groups excluding carboxylic acids is 1. The Hall–Kier alpha value is -1.06. The Bertz CT molecular complexity index is 200. The zero-order valence-corrected chi connectivity index (χ0v) is 8.95. The Kier molecular flexibility index (Phi) is 5.92. The first kappa shape index (κ1) is 12.9. The molecule has 2 atom stereocenters. The number of carboxylic acids is 1. The second-order valence-electron chi connectivity index (χ2n) is 3.47. The van der Waals surface area contributed by atoms with Gasteiger partial charge in [0, 0.05) is 6.42 Å². The van der Waals surface area contributed by atoms with Gasteiger partial charge in [0.25, 0.3) is 0 Å². The van der Waals surface area contributed by atoms with Crippen LogP contribution in [0, 0.1) is 5.92 Å². The monoisotopic (exact) mass is 202 g/mol. The van der Waals surface area contributed by atoms with Crippen LogP contribution in [0.4, 0.5) is 0 Å². The van der Waals surface area contributed by atoms with E-state index < -0.39 is 5.97 Å². The van der Waals surface area contributed by atoms with Crippen molar-refractivity contribution >= 4 is 11.9 Å². The van der Waals surface area contributed by atoms with Gasteiger partial charge in [0.2, 0.25) is 0 Å². The van der Waals surface area contributed by atoms with E-state index in [0.717, 1.165) is 0 Å². The summed E-state index contributed by atoms with van der Waals surface area (Å²) in [5, 5.41) is 8.62. The van der Waals surface area contributed by atoms with Gasteiger partial charge in [0.1, 0.15) is 0 Å². The lowest BCUT2D eigenvalue weighted by molar-refractivity contribution is -0.148. The van der Waals surface area contributed by atoms with E-state index in [9.17, 15) is 9.59 Å². The number of hydrogen-bond acceptors (Lipinski definition) is 3. The van der Waals surface area contributed by atoms with Gasteiger partial charge in [0.05, 0.1) is 12.0 Å². The molecule has 0 aliphatic carbocycles. The van der Waals surface area contributed by atoms with E-state index in [1.165, 1.54) is 0 Å². The normalized spacial score (nSPS) is 14.5. The summed E-state index contributed by atoms with van der Waals surface area (Å²) in [6, 6.07) is 0. The zero-order valence-electron chi connectivity index (χ0n) is 8.95. The molecule has 14 heavy (non-hydrogen) atoms. The number of aliphatic carboxylic acids is 1. The molecule has 0 aromatic heterocycles.